The van der Waals surface area contributed by atoms with E-state index in [1.165, 1.54) is 0 Å². The van der Waals surface area contributed by atoms with Gasteiger partial charge in [0.15, 0.2) is 12.2 Å². The third kappa shape index (κ3) is 15.3. The fraction of sp³-hybridized carbons (Fsp3) is 0.774. The van der Waals surface area contributed by atoms with Crippen LogP contribution in [0.5, 0.6) is 0 Å². The summed E-state index contributed by atoms with van der Waals surface area (Å²) in [5, 5.41) is 0. The van der Waals surface area contributed by atoms with Crippen molar-refractivity contribution >= 4 is 29.8 Å². The fourth-order valence-corrected chi connectivity index (χ4v) is 4.37. The molecule has 0 aromatic carbocycles. The lowest BCUT2D eigenvalue weighted by molar-refractivity contribution is -0.883. The number of esters is 5. The standard InChI is InChI=1S/C31H50NO11.BrH/c1-8-14-23(33)38-21-22-28(40-24(34)15-9-2)29(41-25(35)16-10-3)30(42-26(36)17-11-4)31(39-22)43-27(37)18-13-20-32(6,7)19-12-5;/h5,22,28-31H,8-11,13-21H2,1-4,6-7H3;1H/q+1;/p-1/t22-,28-,29+,30-,31?;/m1./s1. The van der Waals surface area contributed by atoms with Crippen molar-refractivity contribution < 1.29 is 73.9 Å². The Labute approximate surface area is 272 Å². The van der Waals surface area contributed by atoms with E-state index in [2.05, 4.69) is 5.92 Å². The van der Waals surface area contributed by atoms with Gasteiger partial charge >= 0.3 is 29.8 Å². The van der Waals surface area contributed by atoms with Gasteiger partial charge < -0.3 is 49.9 Å². The third-order valence-electron chi connectivity index (χ3n) is 6.53. The van der Waals surface area contributed by atoms with Crippen molar-refractivity contribution in [1.82, 2.24) is 0 Å². The Morgan fingerprint density at radius 3 is 1.64 bits per heavy atom. The van der Waals surface area contributed by atoms with Gasteiger partial charge in [-0.25, -0.2) is 0 Å². The van der Waals surface area contributed by atoms with Gasteiger partial charge in [-0.05, 0) is 31.6 Å². The average molecular weight is 693 g/mol. The van der Waals surface area contributed by atoms with Crippen LogP contribution in [0.3, 0.4) is 0 Å². The van der Waals surface area contributed by atoms with Gasteiger partial charge in [-0.15, -0.1) is 6.42 Å². The molecular weight excluding hydrogens is 642 g/mol. The van der Waals surface area contributed by atoms with Gasteiger partial charge in [0.05, 0.1) is 27.1 Å². The molecule has 12 nitrogen and oxygen atoms in total. The molecule has 0 aromatic heterocycles. The molecule has 1 unspecified atom stereocenters. The van der Waals surface area contributed by atoms with Crippen molar-refractivity contribution in [2.45, 2.75) is 123 Å². The first kappa shape index (κ1) is 41.3. The highest BCUT2D eigenvalue weighted by Gasteiger charge is 2.54. The number of ether oxygens (including phenoxy) is 6. The molecule has 0 bridgehead atoms. The second-order valence-corrected chi connectivity index (χ2v) is 11.2. The predicted octanol–water partition coefficient (Wildman–Crippen LogP) is 0.227. The SMILES string of the molecule is C#CC[N+](C)(C)CCCC(=O)OC1O[C@H](COC(=O)CCC)[C@@H](OC(=O)CCC)[C@H](OC(=O)CCC)[C@H]1OC(=O)CCC.[Br-]. The molecule has 1 rings (SSSR count). The van der Waals surface area contributed by atoms with Gasteiger partial charge in [-0.3, -0.25) is 24.0 Å². The molecule has 13 heteroatoms. The average Bonchev–Trinajstić information content (AvgIpc) is 2.91. The maximum atomic E-state index is 13.0. The lowest BCUT2D eigenvalue weighted by Gasteiger charge is -2.44. The monoisotopic (exact) mass is 691 g/mol. The van der Waals surface area contributed by atoms with Crippen molar-refractivity contribution in [2.24, 2.45) is 0 Å². The van der Waals surface area contributed by atoms with Crippen LogP contribution in [0.2, 0.25) is 0 Å². The van der Waals surface area contributed by atoms with E-state index in [-0.39, 0.29) is 55.7 Å². The van der Waals surface area contributed by atoms with E-state index in [1.54, 1.807) is 20.8 Å². The first-order chi connectivity index (χ1) is 20.4. The zero-order valence-corrected chi connectivity index (χ0v) is 28.6. The number of halogens is 1. The van der Waals surface area contributed by atoms with Crippen LogP contribution in [0.1, 0.15) is 91.9 Å². The molecule has 0 saturated carbocycles. The quantitative estimate of drug-likeness (QED) is 0.0796. The minimum Gasteiger partial charge on any atom is -1.00 e. The summed E-state index contributed by atoms with van der Waals surface area (Å²) in [7, 11) is 3.89. The number of carbonyl (C=O) groups excluding carboxylic acids is 5. The van der Waals surface area contributed by atoms with Crippen molar-refractivity contribution in [2.75, 3.05) is 33.8 Å². The van der Waals surface area contributed by atoms with Crippen LogP contribution in [-0.4, -0.2) is 98.8 Å². The van der Waals surface area contributed by atoms with Gasteiger partial charge in [-0.1, -0.05) is 27.7 Å². The Balaban J connectivity index is 0.0000185. The van der Waals surface area contributed by atoms with Crippen molar-refractivity contribution in [3.8, 4) is 12.3 Å². The lowest BCUT2D eigenvalue weighted by Crippen LogP contribution is -3.00. The molecule has 1 saturated heterocycles. The summed E-state index contributed by atoms with van der Waals surface area (Å²) < 4.78 is 34.7. The van der Waals surface area contributed by atoms with Crippen molar-refractivity contribution in [3.63, 3.8) is 0 Å². The number of terminal acetylenes is 1. The zero-order valence-electron chi connectivity index (χ0n) is 27.0. The molecule has 0 N–H and O–H groups in total. The highest BCUT2D eigenvalue weighted by atomic mass is 79.9. The summed E-state index contributed by atoms with van der Waals surface area (Å²) >= 11 is 0. The van der Waals surface area contributed by atoms with Gasteiger partial charge in [-0.2, -0.15) is 0 Å². The van der Waals surface area contributed by atoms with E-state index in [4.69, 9.17) is 34.8 Å². The maximum Gasteiger partial charge on any atom is 0.308 e. The lowest BCUT2D eigenvalue weighted by atomic mass is 9.97. The predicted molar refractivity (Wildman–Crippen MR) is 155 cm³/mol. The van der Waals surface area contributed by atoms with Crippen LogP contribution in [-0.2, 0) is 52.4 Å². The number of rotatable bonds is 19. The highest BCUT2D eigenvalue weighted by molar-refractivity contribution is 5.72. The summed E-state index contributed by atoms with van der Waals surface area (Å²) in [6, 6.07) is 0. The van der Waals surface area contributed by atoms with Gasteiger partial charge in [0.2, 0.25) is 12.4 Å². The molecular formula is C31H50BrNO11. The molecule has 1 fully saturated rings. The summed E-state index contributed by atoms with van der Waals surface area (Å²) in [5.41, 5.74) is 0. The van der Waals surface area contributed by atoms with E-state index in [0.29, 0.717) is 49.7 Å². The van der Waals surface area contributed by atoms with Gasteiger partial charge in [0.1, 0.15) is 19.3 Å². The van der Waals surface area contributed by atoms with E-state index >= 15 is 0 Å². The van der Waals surface area contributed by atoms with Crippen LogP contribution >= 0.6 is 0 Å². The Hall–Kier alpha value is -2.69. The molecule has 0 aromatic rings. The Morgan fingerprint density at radius 2 is 1.14 bits per heavy atom. The summed E-state index contributed by atoms with van der Waals surface area (Å²) in [6.45, 7) is 7.87. The molecule has 1 heterocycles. The highest BCUT2D eigenvalue weighted by Crippen LogP contribution is 2.31. The number of hydrogen-bond donors (Lipinski definition) is 0. The van der Waals surface area contributed by atoms with E-state index in [1.807, 2.05) is 21.0 Å². The molecule has 5 atom stereocenters. The van der Waals surface area contributed by atoms with Crippen LogP contribution < -0.4 is 17.0 Å². The molecule has 0 spiro atoms. The Morgan fingerprint density at radius 1 is 0.682 bits per heavy atom. The zero-order chi connectivity index (χ0) is 32.4. The maximum absolute atomic E-state index is 13.0. The third-order valence-corrected chi connectivity index (χ3v) is 6.53. The van der Waals surface area contributed by atoms with Crippen LogP contribution in [0.15, 0.2) is 0 Å². The summed E-state index contributed by atoms with van der Waals surface area (Å²) in [6.07, 6.45) is 1.24. The second kappa shape index (κ2) is 21.9. The number of carbonyl (C=O) groups is 5. The largest absolute Gasteiger partial charge is 1.00 e. The van der Waals surface area contributed by atoms with E-state index < -0.39 is 60.6 Å². The number of nitrogens with zero attached hydrogens (tertiary/aromatic N) is 1. The van der Waals surface area contributed by atoms with E-state index in [9.17, 15) is 24.0 Å². The fourth-order valence-electron chi connectivity index (χ4n) is 4.37. The Bertz CT molecular complexity index is 965. The number of hydrogen-bond acceptors (Lipinski definition) is 11. The molecule has 1 aliphatic rings. The molecule has 0 amide bonds. The molecule has 252 valence electrons. The van der Waals surface area contributed by atoms with Gasteiger partial charge in [0.25, 0.3) is 0 Å². The first-order valence-electron chi connectivity index (χ1n) is 15.3. The summed E-state index contributed by atoms with van der Waals surface area (Å²) in [4.78, 5) is 63.3. The minimum absolute atomic E-state index is 0. The van der Waals surface area contributed by atoms with Crippen molar-refractivity contribution in [3.05, 3.63) is 0 Å². The smallest absolute Gasteiger partial charge is 0.308 e. The molecule has 44 heavy (non-hydrogen) atoms. The molecule has 1 aliphatic heterocycles. The van der Waals surface area contributed by atoms with Crippen molar-refractivity contribution in [1.29, 1.82) is 0 Å². The molecule has 0 radical (unpaired) electrons. The summed E-state index contributed by atoms with van der Waals surface area (Å²) in [5.74, 6) is -0.446. The topological polar surface area (TPSA) is 141 Å². The minimum atomic E-state index is -1.53. The van der Waals surface area contributed by atoms with Gasteiger partial charge in [0, 0.05) is 32.1 Å². The van der Waals surface area contributed by atoms with Crippen LogP contribution in [0.4, 0.5) is 0 Å². The first-order valence-corrected chi connectivity index (χ1v) is 15.3. The molecule has 0 aliphatic carbocycles. The van der Waals surface area contributed by atoms with Crippen LogP contribution in [0, 0.1) is 12.3 Å². The Kier molecular flexibility index (Phi) is 20.6. The second-order valence-electron chi connectivity index (χ2n) is 11.2. The number of quaternary nitrogens is 1. The van der Waals surface area contributed by atoms with Crippen LogP contribution in [0.25, 0.3) is 0 Å². The van der Waals surface area contributed by atoms with E-state index in [0.717, 1.165) is 0 Å². The normalized spacial score (nSPS) is 21.2.